The molecule has 2 rings (SSSR count). The molecule has 0 amide bonds. The molecule has 1 fully saturated rings. The van der Waals surface area contributed by atoms with E-state index in [1.54, 1.807) is 0 Å². The molecule has 1 unspecified atom stereocenters. The first-order chi connectivity index (χ1) is 9.11. The van der Waals surface area contributed by atoms with Crippen molar-refractivity contribution in [2.45, 2.75) is 52.0 Å². The molecule has 1 N–H and O–H groups in total. The summed E-state index contributed by atoms with van der Waals surface area (Å²) in [6.45, 7) is 6.37. The Hall–Kier alpha value is -0.480. The van der Waals surface area contributed by atoms with Gasteiger partial charge in [0.15, 0.2) is 0 Å². The molecule has 0 spiro atoms. The molecule has 3 nitrogen and oxygen atoms in total. The molecule has 0 saturated heterocycles. The number of rotatable bonds is 7. The minimum absolute atomic E-state index is 0.413. The van der Waals surface area contributed by atoms with Crippen molar-refractivity contribution in [1.82, 2.24) is 9.97 Å². The van der Waals surface area contributed by atoms with Crippen molar-refractivity contribution in [3.05, 3.63) is 16.5 Å². The molecule has 106 valence electrons. The van der Waals surface area contributed by atoms with Gasteiger partial charge in [0.05, 0.1) is 0 Å². The number of anilines is 1. The Morgan fingerprint density at radius 1 is 1.42 bits per heavy atom. The van der Waals surface area contributed by atoms with Gasteiger partial charge < -0.3 is 5.32 Å². The van der Waals surface area contributed by atoms with Gasteiger partial charge >= 0.3 is 0 Å². The lowest BCUT2D eigenvalue weighted by atomic mass is 10.2. The van der Waals surface area contributed by atoms with Crippen LogP contribution in [0.15, 0.2) is 0 Å². The number of thioether (sulfide) groups is 1. The van der Waals surface area contributed by atoms with Crippen LogP contribution in [0.3, 0.4) is 0 Å². The van der Waals surface area contributed by atoms with Crippen molar-refractivity contribution >= 4 is 29.2 Å². The van der Waals surface area contributed by atoms with Crippen LogP contribution in [0.25, 0.3) is 0 Å². The molecular formula is C14H22ClN3S. The lowest BCUT2D eigenvalue weighted by Gasteiger charge is -2.17. The Morgan fingerprint density at radius 2 is 2.16 bits per heavy atom. The first-order valence-corrected chi connectivity index (χ1v) is 8.53. The number of hydrogen-bond acceptors (Lipinski definition) is 4. The van der Waals surface area contributed by atoms with Crippen molar-refractivity contribution in [1.29, 1.82) is 0 Å². The van der Waals surface area contributed by atoms with Gasteiger partial charge in [-0.15, -0.1) is 0 Å². The van der Waals surface area contributed by atoms with Gasteiger partial charge in [0, 0.05) is 17.5 Å². The maximum atomic E-state index is 6.21. The third-order valence-electron chi connectivity index (χ3n) is 3.33. The summed E-state index contributed by atoms with van der Waals surface area (Å²) in [4.78, 5) is 9.04. The highest BCUT2D eigenvalue weighted by molar-refractivity contribution is 7.99. The van der Waals surface area contributed by atoms with Gasteiger partial charge in [0.2, 0.25) is 0 Å². The Morgan fingerprint density at radius 3 is 2.79 bits per heavy atom. The summed E-state index contributed by atoms with van der Waals surface area (Å²) in [6, 6.07) is 0.413. The van der Waals surface area contributed by atoms with E-state index in [2.05, 4.69) is 29.1 Å². The zero-order valence-electron chi connectivity index (χ0n) is 11.9. The highest BCUT2D eigenvalue weighted by Gasteiger charge is 2.28. The Balaban J connectivity index is 2.01. The molecule has 0 bridgehead atoms. The summed E-state index contributed by atoms with van der Waals surface area (Å²) in [5.41, 5.74) is 0.959. The summed E-state index contributed by atoms with van der Waals surface area (Å²) >= 11 is 8.18. The van der Waals surface area contributed by atoms with E-state index in [0.29, 0.717) is 17.1 Å². The largest absolute Gasteiger partial charge is 0.367 e. The molecule has 19 heavy (non-hydrogen) atoms. The minimum Gasteiger partial charge on any atom is -0.367 e. The van der Waals surface area contributed by atoms with E-state index in [9.17, 15) is 0 Å². The first kappa shape index (κ1) is 14.9. The smallest absolute Gasteiger partial charge is 0.137 e. The molecule has 1 atom stereocenters. The number of halogens is 1. The minimum atomic E-state index is 0.413. The second-order valence-corrected chi connectivity index (χ2v) is 6.90. The van der Waals surface area contributed by atoms with E-state index in [1.165, 1.54) is 24.3 Å². The van der Waals surface area contributed by atoms with E-state index in [4.69, 9.17) is 11.6 Å². The van der Waals surface area contributed by atoms with Gasteiger partial charge in [-0.05, 0) is 44.6 Å². The van der Waals surface area contributed by atoms with Crippen LogP contribution in [-0.2, 0) is 0 Å². The second-order valence-electron chi connectivity index (χ2n) is 5.15. The van der Waals surface area contributed by atoms with Crippen LogP contribution in [0.2, 0.25) is 5.15 Å². The van der Waals surface area contributed by atoms with Gasteiger partial charge in [-0.3, -0.25) is 0 Å². The molecule has 1 aliphatic rings. The maximum absolute atomic E-state index is 6.21. The zero-order valence-corrected chi connectivity index (χ0v) is 13.4. The number of hydrogen-bond donors (Lipinski definition) is 1. The summed E-state index contributed by atoms with van der Waals surface area (Å²) in [5, 5.41) is 4.08. The average Bonchev–Trinajstić information content (AvgIpc) is 3.19. The SMILES string of the molecule is CCSCCC(C)Nc1nc(C2CC2)nc(Cl)c1C. The fourth-order valence-corrected chi connectivity index (χ4v) is 2.87. The molecular weight excluding hydrogens is 278 g/mol. The summed E-state index contributed by atoms with van der Waals surface area (Å²) in [5.74, 6) is 4.71. The molecule has 1 saturated carbocycles. The second kappa shape index (κ2) is 6.80. The number of nitrogens with one attached hydrogen (secondary N) is 1. The van der Waals surface area contributed by atoms with E-state index in [-0.39, 0.29) is 0 Å². The Bertz CT molecular complexity index is 435. The summed E-state index contributed by atoms with van der Waals surface area (Å²) < 4.78 is 0. The predicted molar refractivity (Wildman–Crippen MR) is 84.5 cm³/mol. The normalized spacial score (nSPS) is 16.4. The van der Waals surface area contributed by atoms with Crippen molar-refractivity contribution in [2.24, 2.45) is 0 Å². The van der Waals surface area contributed by atoms with Crippen molar-refractivity contribution in [3.8, 4) is 0 Å². The summed E-state index contributed by atoms with van der Waals surface area (Å²) in [7, 11) is 0. The van der Waals surface area contributed by atoms with Crippen LogP contribution in [0.4, 0.5) is 5.82 Å². The first-order valence-electron chi connectivity index (χ1n) is 7.00. The van der Waals surface area contributed by atoms with Crippen molar-refractivity contribution < 1.29 is 0 Å². The molecule has 5 heteroatoms. The van der Waals surface area contributed by atoms with E-state index in [0.717, 1.165) is 23.6 Å². The van der Waals surface area contributed by atoms with Gasteiger partial charge in [0.25, 0.3) is 0 Å². The quantitative estimate of drug-likeness (QED) is 0.603. The lowest BCUT2D eigenvalue weighted by Crippen LogP contribution is -2.18. The lowest BCUT2D eigenvalue weighted by molar-refractivity contribution is 0.760. The average molecular weight is 300 g/mol. The molecule has 1 aromatic rings. The number of nitrogens with zero attached hydrogens (tertiary/aromatic N) is 2. The molecule has 1 aliphatic carbocycles. The highest BCUT2D eigenvalue weighted by atomic mass is 35.5. The van der Waals surface area contributed by atoms with E-state index < -0.39 is 0 Å². The molecule has 1 heterocycles. The van der Waals surface area contributed by atoms with E-state index in [1.807, 2.05) is 18.7 Å². The molecule has 0 aliphatic heterocycles. The standard InChI is InChI=1S/C14H22ClN3S/c1-4-19-8-7-9(2)16-13-10(3)12(15)17-14(18-13)11-5-6-11/h9,11H,4-8H2,1-3H3,(H,16,17,18). The monoisotopic (exact) mass is 299 g/mol. The van der Waals surface area contributed by atoms with Crippen LogP contribution in [0.1, 0.15) is 50.4 Å². The number of aromatic nitrogens is 2. The van der Waals surface area contributed by atoms with Gasteiger partial charge in [-0.25, -0.2) is 9.97 Å². The maximum Gasteiger partial charge on any atom is 0.137 e. The van der Waals surface area contributed by atoms with Crippen LogP contribution >= 0.6 is 23.4 Å². The Labute approximate surface area is 124 Å². The Kier molecular flexibility index (Phi) is 5.34. The van der Waals surface area contributed by atoms with Crippen LogP contribution in [-0.4, -0.2) is 27.5 Å². The van der Waals surface area contributed by atoms with Gasteiger partial charge in [-0.2, -0.15) is 11.8 Å². The van der Waals surface area contributed by atoms with E-state index >= 15 is 0 Å². The molecule has 1 aromatic heterocycles. The molecule has 0 aromatic carbocycles. The van der Waals surface area contributed by atoms with Crippen LogP contribution < -0.4 is 5.32 Å². The van der Waals surface area contributed by atoms with Crippen molar-refractivity contribution in [3.63, 3.8) is 0 Å². The zero-order chi connectivity index (χ0) is 13.8. The van der Waals surface area contributed by atoms with Crippen molar-refractivity contribution in [2.75, 3.05) is 16.8 Å². The summed E-state index contributed by atoms with van der Waals surface area (Å²) in [6.07, 6.45) is 3.53. The molecule has 0 radical (unpaired) electrons. The fourth-order valence-electron chi connectivity index (χ4n) is 1.88. The highest BCUT2D eigenvalue weighted by Crippen LogP contribution is 2.39. The van der Waals surface area contributed by atoms with Crippen LogP contribution in [0.5, 0.6) is 0 Å². The topological polar surface area (TPSA) is 37.8 Å². The predicted octanol–water partition coefficient (Wildman–Crippen LogP) is 4.26. The van der Waals surface area contributed by atoms with Gasteiger partial charge in [-0.1, -0.05) is 18.5 Å². The fraction of sp³-hybridized carbons (Fsp3) is 0.714. The third kappa shape index (κ3) is 4.25. The third-order valence-corrected chi connectivity index (χ3v) is 4.63. The van der Waals surface area contributed by atoms with Gasteiger partial charge in [0.1, 0.15) is 16.8 Å². The van der Waals surface area contributed by atoms with Crippen LogP contribution in [0, 0.1) is 6.92 Å².